The molecule has 28 heavy (non-hydrogen) atoms. The van der Waals surface area contributed by atoms with Crippen LogP contribution >= 0.6 is 0 Å². The van der Waals surface area contributed by atoms with Crippen LogP contribution in [-0.2, 0) is 0 Å². The molecule has 142 valence electrons. The SMILES string of the molecule is CC(C)n1c(=O)n([C@H]2C[C@H](Nc3ccc4ccccc4n3)C2)c2nccnc21. The molecule has 0 atom stereocenters. The maximum Gasteiger partial charge on any atom is 0.332 e. The fourth-order valence-electron chi connectivity index (χ4n) is 4.03. The zero-order valence-electron chi connectivity index (χ0n) is 15.9. The number of rotatable bonds is 4. The van der Waals surface area contributed by atoms with Crippen LogP contribution in [0, 0.1) is 0 Å². The Hall–Kier alpha value is -3.22. The zero-order chi connectivity index (χ0) is 19.3. The lowest BCUT2D eigenvalue weighted by Gasteiger charge is -2.36. The van der Waals surface area contributed by atoms with Crippen molar-refractivity contribution >= 4 is 28.0 Å². The number of nitrogens with zero attached hydrogens (tertiary/aromatic N) is 5. The van der Waals surface area contributed by atoms with E-state index in [4.69, 9.17) is 0 Å². The van der Waals surface area contributed by atoms with Gasteiger partial charge in [-0.25, -0.2) is 19.7 Å². The van der Waals surface area contributed by atoms with Crippen LogP contribution in [-0.4, -0.2) is 30.1 Å². The van der Waals surface area contributed by atoms with E-state index in [1.807, 2.05) is 42.7 Å². The van der Waals surface area contributed by atoms with E-state index in [1.165, 1.54) is 0 Å². The summed E-state index contributed by atoms with van der Waals surface area (Å²) in [5, 5.41) is 4.63. The predicted octanol–water partition coefficient (Wildman–Crippen LogP) is 3.54. The lowest BCUT2D eigenvalue weighted by molar-refractivity contribution is 0.278. The molecule has 1 aliphatic rings. The van der Waals surface area contributed by atoms with Gasteiger partial charge in [0.15, 0.2) is 11.3 Å². The number of nitrogens with one attached hydrogen (secondary N) is 1. The maximum atomic E-state index is 13.0. The molecular weight excluding hydrogens is 352 g/mol. The minimum Gasteiger partial charge on any atom is -0.367 e. The molecule has 1 N–H and O–H groups in total. The molecule has 1 saturated carbocycles. The highest BCUT2D eigenvalue weighted by Gasteiger charge is 2.34. The molecule has 3 aromatic heterocycles. The molecule has 0 bridgehead atoms. The predicted molar refractivity (Wildman–Crippen MR) is 110 cm³/mol. The summed E-state index contributed by atoms with van der Waals surface area (Å²) in [6, 6.07) is 12.6. The molecule has 0 saturated heterocycles. The van der Waals surface area contributed by atoms with Gasteiger partial charge in [0.25, 0.3) is 0 Å². The van der Waals surface area contributed by atoms with Crippen molar-refractivity contribution in [3.8, 4) is 0 Å². The van der Waals surface area contributed by atoms with Gasteiger partial charge in [0.1, 0.15) is 5.82 Å². The van der Waals surface area contributed by atoms with Crippen LogP contribution in [0.4, 0.5) is 5.82 Å². The fraction of sp³-hybridized carbons (Fsp3) is 0.333. The summed E-state index contributed by atoms with van der Waals surface area (Å²) < 4.78 is 3.54. The third-order valence-corrected chi connectivity index (χ3v) is 5.47. The van der Waals surface area contributed by atoms with Gasteiger partial charge in [-0.05, 0) is 44.9 Å². The van der Waals surface area contributed by atoms with Gasteiger partial charge < -0.3 is 5.32 Å². The Kier molecular flexibility index (Phi) is 3.89. The van der Waals surface area contributed by atoms with Crippen molar-refractivity contribution in [3.63, 3.8) is 0 Å². The minimum atomic E-state index is -0.0246. The molecule has 0 aliphatic heterocycles. The Labute approximate surface area is 162 Å². The van der Waals surface area contributed by atoms with Gasteiger partial charge in [-0.2, -0.15) is 0 Å². The normalized spacial score (nSPS) is 19.2. The highest BCUT2D eigenvalue weighted by Crippen LogP contribution is 2.35. The first-order valence-electron chi connectivity index (χ1n) is 9.67. The van der Waals surface area contributed by atoms with Crippen molar-refractivity contribution in [2.45, 2.75) is 44.8 Å². The lowest BCUT2D eigenvalue weighted by atomic mass is 9.86. The van der Waals surface area contributed by atoms with E-state index >= 15 is 0 Å². The van der Waals surface area contributed by atoms with E-state index in [2.05, 4.69) is 32.4 Å². The smallest absolute Gasteiger partial charge is 0.332 e. The summed E-state index contributed by atoms with van der Waals surface area (Å²) >= 11 is 0. The first-order valence-corrected chi connectivity index (χ1v) is 9.67. The fourth-order valence-corrected chi connectivity index (χ4v) is 4.03. The van der Waals surface area contributed by atoms with E-state index in [0.717, 1.165) is 29.6 Å². The second-order valence-corrected chi connectivity index (χ2v) is 7.68. The highest BCUT2D eigenvalue weighted by molar-refractivity contribution is 5.80. The van der Waals surface area contributed by atoms with E-state index in [0.29, 0.717) is 17.3 Å². The van der Waals surface area contributed by atoms with Crippen LogP contribution in [0.3, 0.4) is 0 Å². The highest BCUT2D eigenvalue weighted by atomic mass is 16.2. The first-order chi connectivity index (χ1) is 13.6. The van der Waals surface area contributed by atoms with Crippen molar-refractivity contribution in [3.05, 3.63) is 59.3 Å². The Bertz CT molecular complexity index is 1220. The largest absolute Gasteiger partial charge is 0.367 e. The van der Waals surface area contributed by atoms with Gasteiger partial charge in [0.2, 0.25) is 0 Å². The van der Waals surface area contributed by atoms with Crippen LogP contribution in [0.5, 0.6) is 0 Å². The maximum absolute atomic E-state index is 13.0. The summed E-state index contributed by atoms with van der Waals surface area (Å²) in [5.41, 5.74) is 2.29. The molecule has 4 aromatic rings. The van der Waals surface area contributed by atoms with Gasteiger partial charge in [0, 0.05) is 35.9 Å². The number of pyridine rings is 1. The molecule has 5 rings (SSSR count). The molecule has 0 radical (unpaired) electrons. The Balaban J connectivity index is 1.38. The molecular formula is C21H22N6O. The minimum absolute atomic E-state index is 0.0246. The first kappa shape index (κ1) is 16.9. The molecule has 1 aliphatic carbocycles. The second kappa shape index (κ2) is 6.44. The molecule has 0 unspecified atom stereocenters. The molecule has 3 heterocycles. The molecule has 0 amide bonds. The third-order valence-electron chi connectivity index (χ3n) is 5.47. The van der Waals surface area contributed by atoms with Crippen molar-refractivity contribution in [1.82, 2.24) is 24.1 Å². The summed E-state index contributed by atoms with van der Waals surface area (Å²) in [4.78, 5) is 26.5. The Morgan fingerprint density at radius 1 is 1.04 bits per heavy atom. The lowest BCUT2D eigenvalue weighted by Crippen LogP contribution is -2.41. The average Bonchev–Trinajstić information content (AvgIpc) is 2.96. The quantitative estimate of drug-likeness (QED) is 0.591. The number of anilines is 1. The van der Waals surface area contributed by atoms with E-state index in [1.54, 1.807) is 17.0 Å². The number of benzene rings is 1. The van der Waals surface area contributed by atoms with Crippen LogP contribution in [0.25, 0.3) is 22.2 Å². The topological polar surface area (TPSA) is 77.6 Å². The summed E-state index contributed by atoms with van der Waals surface area (Å²) in [6.45, 7) is 3.99. The molecule has 1 aromatic carbocycles. The van der Waals surface area contributed by atoms with Gasteiger partial charge in [-0.1, -0.05) is 18.2 Å². The average molecular weight is 374 g/mol. The number of aromatic nitrogens is 5. The number of hydrogen-bond acceptors (Lipinski definition) is 5. The zero-order valence-corrected chi connectivity index (χ0v) is 15.9. The Morgan fingerprint density at radius 3 is 2.57 bits per heavy atom. The number of imidazole rings is 1. The van der Waals surface area contributed by atoms with Crippen molar-refractivity contribution < 1.29 is 0 Å². The third kappa shape index (κ3) is 2.66. The molecule has 7 nitrogen and oxygen atoms in total. The standard InChI is InChI=1S/C21H22N6O/c1-13(2)26-19-20(23-10-9-22-19)27(21(26)28)16-11-15(12-16)24-18-8-7-14-5-3-4-6-17(14)25-18/h3-10,13,15-16H,11-12H2,1-2H3,(H,24,25)/t15-,16-. The van der Waals surface area contributed by atoms with Gasteiger partial charge >= 0.3 is 5.69 Å². The number of fused-ring (bicyclic) bond motifs is 2. The summed E-state index contributed by atoms with van der Waals surface area (Å²) in [5.74, 6) is 0.874. The van der Waals surface area contributed by atoms with E-state index in [9.17, 15) is 4.79 Å². The van der Waals surface area contributed by atoms with Gasteiger partial charge in [-0.15, -0.1) is 0 Å². The van der Waals surface area contributed by atoms with Gasteiger partial charge in [-0.3, -0.25) is 9.13 Å². The summed E-state index contributed by atoms with van der Waals surface area (Å²) in [7, 11) is 0. The van der Waals surface area contributed by atoms with Crippen LogP contribution in [0.1, 0.15) is 38.8 Å². The summed E-state index contributed by atoms with van der Waals surface area (Å²) in [6.07, 6.45) is 5.02. The monoisotopic (exact) mass is 374 g/mol. The van der Waals surface area contributed by atoms with E-state index in [-0.39, 0.29) is 17.8 Å². The Morgan fingerprint density at radius 2 is 1.79 bits per heavy atom. The van der Waals surface area contributed by atoms with Crippen LogP contribution < -0.4 is 11.0 Å². The molecule has 7 heteroatoms. The van der Waals surface area contributed by atoms with Crippen molar-refractivity contribution in [1.29, 1.82) is 0 Å². The van der Waals surface area contributed by atoms with Crippen LogP contribution in [0.15, 0.2) is 53.6 Å². The van der Waals surface area contributed by atoms with Crippen LogP contribution in [0.2, 0.25) is 0 Å². The van der Waals surface area contributed by atoms with E-state index < -0.39 is 0 Å². The van der Waals surface area contributed by atoms with Crippen molar-refractivity contribution in [2.75, 3.05) is 5.32 Å². The number of para-hydroxylation sites is 1. The second-order valence-electron chi connectivity index (χ2n) is 7.68. The molecule has 1 fully saturated rings. The van der Waals surface area contributed by atoms with Gasteiger partial charge in [0.05, 0.1) is 5.52 Å². The van der Waals surface area contributed by atoms with Crippen molar-refractivity contribution in [2.24, 2.45) is 0 Å². The molecule has 0 spiro atoms. The number of hydrogen-bond donors (Lipinski definition) is 1.